The van der Waals surface area contributed by atoms with E-state index < -0.39 is 0 Å². The van der Waals surface area contributed by atoms with Gasteiger partial charge in [-0.2, -0.15) is 0 Å². The molecule has 1 amide bonds. The number of carbonyl (C=O) groups is 1. The Morgan fingerprint density at radius 1 is 1.08 bits per heavy atom. The molecule has 0 atom stereocenters. The lowest BCUT2D eigenvalue weighted by Gasteiger charge is -2.07. The summed E-state index contributed by atoms with van der Waals surface area (Å²) < 4.78 is 5.79. The molecule has 4 aromatic rings. The number of carbonyl (C=O) groups excluding carboxylic acids is 1. The maximum Gasteiger partial charge on any atom is 0.228 e. The van der Waals surface area contributed by atoms with E-state index >= 15 is 0 Å². The number of anilines is 2. The van der Waals surface area contributed by atoms with Crippen LogP contribution in [0.15, 0.2) is 71.4 Å². The normalized spacial score (nSPS) is 10.8. The number of fused-ring (bicyclic) bond motifs is 1. The molecule has 3 N–H and O–H groups in total. The second-order valence-corrected chi connectivity index (χ2v) is 5.91. The number of nitrogens with one attached hydrogen (secondary N) is 1. The monoisotopic (exact) mass is 344 g/mol. The van der Waals surface area contributed by atoms with Gasteiger partial charge >= 0.3 is 0 Å². The first-order valence-corrected chi connectivity index (χ1v) is 8.13. The Morgan fingerprint density at radius 2 is 1.96 bits per heavy atom. The van der Waals surface area contributed by atoms with E-state index in [4.69, 9.17) is 10.2 Å². The maximum absolute atomic E-state index is 11.1. The predicted molar refractivity (Wildman–Crippen MR) is 99.9 cm³/mol. The van der Waals surface area contributed by atoms with E-state index in [-0.39, 0.29) is 12.3 Å². The molecule has 0 unspecified atom stereocenters. The van der Waals surface area contributed by atoms with Crippen molar-refractivity contribution in [2.24, 2.45) is 5.73 Å². The van der Waals surface area contributed by atoms with Gasteiger partial charge in [-0.3, -0.25) is 9.78 Å². The summed E-state index contributed by atoms with van der Waals surface area (Å²) in [4.78, 5) is 19.7. The fourth-order valence-electron chi connectivity index (χ4n) is 2.74. The van der Waals surface area contributed by atoms with Gasteiger partial charge in [0.15, 0.2) is 5.58 Å². The fraction of sp³-hybridized carbons (Fsp3) is 0.0500. The Bertz CT molecular complexity index is 1070. The molecule has 26 heavy (non-hydrogen) atoms. The van der Waals surface area contributed by atoms with Crippen LogP contribution in [0.5, 0.6) is 0 Å². The topological polar surface area (TPSA) is 94.0 Å². The van der Waals surface area contributed by atoms with Gasteiger partial charge in [-0.05, 0) is 48.0 Å². The van der Waals surface area contributed by atoms with Crippen LogP contribution in [0, 0.1) is 0 Å². The third-order valence-corrected chi connectivity index (χ3v) is 3.89. The number of benzene rings is 2. The molecule has 0 spiro atoms. The van der Waals surface area contributed by atoms with Gasteiger partial charge in [-0.25, -0.2) is 4.98 Å². The lowest BCUT2D eigenvalue weighted by Crippen LogP contribution is -2.13. The van der Waals surface area contributed by atoms with Gasteiger partial charge in [0.1, 0.15) is 5.52 Å². The minimum Gasteiger partial charge on any atom is -0.436 e. The first kappa shape index (κ1) is 15.8. The molecule has 0 saturated heterocycles. The fourth-order valence-corrected chi connectivity index (χ4v) is 2.74. The van der Waals surface area contributed by atoms with Crippen molar-refractivity contribution in [2.45, 2.75) is 6.42 Å². The Hall–Kier alpha value is -3.67. The molecular formula is C20H16N4O2. The van der Waals surface area contributed by atoms with E-state index in [1.54, 1.807) is 12.4 Å². The Balaban J connectivity index is 1.61. The van der Waals surface area contributed by atoms with Crippen LogP contribution in [0.4, 0.5) is 11.4 Å². The van der Waals surface area contributed by atoms with Crippen molar-refractivity contribution < 1.29 is 9.21 Å². The summed E-state index contributed by atoms with van der Waals surface area (Å²) in [7, 11) is 0. The quantitative estimate of drug-likeness (QED) is 0.576. The van der Waals surface area contributed by atoms with Gasteiger partial charge in [0.05, 0.1) is 12.0 Å². The largest absolute Gasteiger partial charge is 0.436 e. The highest BCUT2D eigenvalue weighted by Gasteiger charge is 2.09. The van der Waals surface area contributed by atoms with E-state index in [2.05, 4.69) is 15.3 Å². The molecule has 0 aliphatic carbocycles. The molecule has 2 aromatic carbocycles. The molecule has 2 heterocycles. The van der Waals surface area contributed by atoms with E-state index in [0.29, 0.717) is 11.5 Å². The number of nitrogens with two attached hydrogens (primary N) is 1. The van der Waals surface area contributed by atoms with Gasteiger partial charge in [0, 0.05) is 23.8 Å². The van der Waals surface area contributed by atoms with Crippen molar-refractivity contribution in [3.63, 3.8) is 0 Å². The number of hydrogen-bond acceptors (Lipinski definition) is 5. The van der Waals surface area contributed by atoms with E-state index in [1.165, 1.54) is 0 Å². The number of aromatic nitrogens is 2. The van der Waals surface area contributed by atoms with Crippen molar-refractivity contribution in [1.29, 1.82) is 0 Å². The zero-order valence-corrected chi connectivity index (χ0v) is 13.8. The molecule has 0 radical (unpaired) electrons. The number of pyridine rings is 1. The van der Waals surface area contributed by atoms with Crippen molar-refractivity contribution in [1.82, 2.24) is 9.97 Å². The first-order chi connectivity index (χ1) is 12.7. The van der Waals surface area contributed by atoms with E-state index in [9.17, 15) is 4.79 Å². The van der Waals surface area contributed by atoms with Crippen LogP contribution in [-0.4, -0.2) is 15.9 Å². The standard InChI is InChI=1S/C20H16N4O2/c21-19(25)10-13-3-1-5-15(9-13)23-16-6-7-18-17(11-16)24-20(26-18)14-4-2-8-22-12-14/h1-9,11-12,23H,10H2,(H2,21,25). The number of rotatable bonds is 5. The van der Waals surface area contributed by atoms with Gasteiger partial charge in [0.2, 0.25) is 11.8 Å². The SMILES string of the molecule is NC(=O)Cc1cccc(Nc2ccc3oc(-c4cccnc4)nc3c2)c1. The van der Waals surface area contributed by atoms with Crippen LogP contribution in [0.25, 0.3) is 22.6 Å². The van der Waals surface area contributed by atoms with Gasteiger partial charge in [-0.15, -0.1) is 0 Å². The molecule has 0 bridgehead atoms. The minimum absolute atomic E-state index is 0.215. The zero-order valence-electron chi connectivity index (χ0n) is 13.8. The number of nitrogens with zero attached hydrogens (tertiary/aromatic N) is 2. The molecule has 128 valence electrons. The average molecular weight is 344 g/mol. The second-order valence-electron chi connectivity index (χ2n) is 5.91. The predicted octanol–water partition coefficient (Wildman–Crippen LogP) is 3.66. The highest BCUT2D eigenvalue weighted by Crippen LogP contribution is 2.27. The molecule has 4 rings (SSSR count). The van der Waals surface area contributed by atoms with Crippen molar-refractivity contribution >= 4 is 28.4 Å². The molecule has 6 nitrogen and oxygen atoms in total. The van der Waals surface area contributed by atoms with E-state index in [1.807, 2.05) is 54.6 Å². The smallest absolute Gasteiger partial charge is 0.228 e. The van der Waals surface area contributed by atoms with Crippen LogP contribution < -0.4 is 11.1 Å². The van der Waals surface area contributed by atoms with Crippen LogP contribution in [0.2, 0.25) is 0 Å². The molecule has 0 aliphatic heterocycles. The second kappa shape index (κ2) is 6.68. The minimum atomic E-state index is -0.353. The number of amides is 1. The van der Waals surface area contributed by atoms with Crippen LogP contribution >= 0.6 is 0 Å². The summed E-state index contributed by atoms with van der Waals surface area (Å²) in [5.41, 5.74) is 10.2. The first-order valence-electron chi connectivity index (χ1n) is 8.13. The van der Waals surface area contributed by atoms with Crippen molar-refractivity contribution in [2.75, 3.05) is 5.32 Å². The number of oxazole rings is 1. The van der Waals surface area contributed by atoms with Gasteiger partial charge < -0.3 is 15.5 Å². The van der Waals surface area contributed by atoms with Crippen LogP contribution in [0.3, 0.4) is 0 Å². The summed E-state index contributed by atoms with van der Waals surface area (Å²) in [5, 5.41) is 3.31. The highest BCUT2D eigenvalue weighted by atomic mass is 16.3. The lowest BCUT2D eigenvalue weighted by molar-refractivity contribution is -0.117. The summed E-state index contributed by atoms with van der Waals surface area (Å²) in [5.74, 6) is 0.183. The van der Waals surface area contributed by atoms with Gasteiger partial charge in [0.25, 0.3) is 0 Å². The Labute approximate surface area is 149 Å². The molecule has 0 fully saturated rings. The third kappa shape index (κ3) is 3.39. The number of primary amides is 1. The average Bonchev–Trinajstić information content (AvgIpc) is 3.06. The maximum atomic E-state index is 11.1. The van der Waals surface area contributed by atoms with Crippen molar-refractivity contribution in [3.05, 3.63) is 72.6 Å². The zero-order chi connectivity index (χ0) is 17.9. The van der Waals surface area contributed by atoms with E-state index in [0.717, 1.165) is 28.0 Å². The van der Waals surface area contributed by atoms with Crippen LogP contribution in [0.1, 0.15) is 5.56 Å². The molecule has 2 aromatic heterocycles. The summed E-state index contributed by atoms with van der Waals surface area (Å²) >= 11 is 0. The van der Waals surface area contributed by atoms with Crippen molar-refractivity contribution in [3.8, 4) is 11.5 Å². The van der Waals surface area contributed by atoms with Crippen LogP contribution in [-0.2, 0) is 11.2 Å². The molecular weight excluding hydrogens is 328 g/mol. The molecule has 0 saturated carbocycles. The molecule has 6 heteroatoms. The highest BCUT2D eigenvalue weighted by molar-refractivity contribution is 5.81. The summed E-state index contributed by atoms with van der Waals surface area (Å²) in [6.45, 7) is 0. The Morgan fingerprint density at radius 3 is 2.77 bits per heavy atom. The third-order valence-electron chi connectivity index (χ3n) is 3.89. The lowest BCUT2D eigenvalue weighted by atomic mass is 10.1. The number of hydrogen-bond donors (Lipinski definition) is 2. The molecule has 0 aliphatic rings. The Kier molecular flexibility index (Phi) is 4.07. The summed E-state index contributed by atoms with van der Waals surface area (Å²) in [6, 6.07) is 17.0. The summed E-state index contributed by atoms with van der Waals surface area (Å²) in [6.07, 6.45) is 3.64. The van der Waals surface area contributed by atoms with Gasteiger partial charge in [-0.1, -0.05) is 12.1 Å².